The molecule has 21 heavy (non-hydrogen) atoms. The van der Waals surface area contributed by atoms with Crippen molar-refractivity contribution in [2.24, 2.45) is 0 Å². The summed E-state index contributed by atoms with van der Waals surface area (Å²) in [5, 5.41) is 16.0. The molecule has 3 N–H and O–H groups in total. The highest BCUT2D eigenvalue weighted by molar-refractivity contribution is 5.59. The van der Waals surface area contributed by atoms with Gasteiger partial charge < -0.3 is 20.6 Å². The second-order valence-electron chi connectivity index (χ2n) is 5.77. The van der Waals surface area contributed by atoms with E-state index < -0.39 is 0 Å². The average Bonchev–Trinajstić information content (AvgIpc) is 2.50. The molecule has 108 valence electrons. The van der Waals surface area contributed by atoms with Crippen LogP contribution in [0.5, 0.6) is 5.75 Å². The molecule has 5 nitrogen and oxygen atoms in total. The SMILES string of the molecule is Oc1ccc(Nc2ccc(N3CC4CC(C3)N4)cn2)cc1. The lowest BCUT2D eigenvalue weighted by atomic mass is 9.91. The van der Waals surface area contributed by atoms with Gasteiger partial charge in [-0.1, -0.05) is 0 Å². The van der Waals surface area contributed by atoms with Gasteiger partial charge in [0, 0.05) is 30.9 Å². The molecule has 2 unspecified atom stereocenters. The molecule has 0 aliphatic carbocycles. The number of hydrogen-bond acceptors (Lipinski definition) is 5. The van der Waals surface area contributed by atoms with E-state index in [4.69, 9.17) is 0 Å². The molecular weight excluding hydrogens is 264 g/mol. The molecule has 0 radical (unpaired) electrons. The van der Waals surface area contributed by atoms with E-state index in [1.54, 1.807) is 12.1 Å². The minimum Gasteiger partial charge on any atom is -0.508 e. The van der Waals surface area contributed by atoms with Crippen molar-refractivity contribution in [1.82, 2.24) is 10.3 Å². The molecule has 1 aromatic carbocycles. The summed E-state index contributed by atoms with van der Waals surface area (Å²) in [5.41, 5.74) is 2.10. The third kappa shape index (κ3) is 2.52. The number of phenolic OH excluding ortho intramolecular Hbond substituents is 1. The van der Waals surface area contributed by atoms with E-state index in [2.05, 4.69) is 26.6 Å². The van der Waals surface area contributed by atoms with Crippen molar-refractivity contribution >= 4 is 17.2 Å². The Morgan fingerprint density at radius 3 is 2.43 bits per heavy atom. The first kappa shape index (κ1) is 12.5. The fourth-order valence-corrected chi connectivity index (χ4v) is 3.06. The highest BCUT2D eigenvalue weighted by Gasteiger charge is 2.36. The first-order valence-corrected chi connectivity index (χ1v) is 7.29. The molecule has 3 aliphatic rings. The average molecular weight is 282 g/mol. The quantitative estimate of drug-likeness (QED) is 0.752. The van der Waals surface area contributed by atoms with Crippen LogP contribution >= 0.6 is 0 Å². The zero-order valence-electron chi connectivity index (χ0n) is 11.7. The highest BCUT2D eigenvalue weighted by Crippen LogP contribution is 2.26. The smallest absolute Gasteiger partial charge is 0.130 e. The molecule has 2 atom stereocenters. The van der Waals surface area contributed by atoms with Crippen LogP contribution in [0.3, 0.4) is 0 Å². The minimum atomic E-state index is 0.265. The summed E-state index contributed by atoms with van der Waals surface area (Å²) in [5.74, 6) is 1.07. The Balaban J connectivity index is 1.44. The summed E-state index contributed by atoms with van der Waals surface area (Å²) in [4.78, 5) is 6.87. The van der Waals surface area contributed by atoms with Gasteiger partial charge in [-0.3, -0.25) is 0 Å². The number of nitrogens with one attached hydrogen (secondary N) is 2. The third-order valence-corrected chi connectivity index (χ3v) is 4.17. The number of pyridine rings is 1. The number of piperazine rings is 1. The van der Waals surface area contributed by atoms with Crippen LogP contribution in [-0.2, 0) is 0 Å². The molecule has 5 heteroatoms. The Labute approximate surface area is 123 Å². The molecule has 3 saturated heterocycles. The van der Waals surface area contributed by atoms with Crippen molar-refractivity contribution in [3.05, 3.63) is 42.6 Å². The Bertz CT molecular complexity index is 610. The van der Waals surface area contributed by atoms with E-state index in [1.807, 2.05) is 24.4 Å². The number of aromatic nitrogens is 1. The zero-order chi connectivity index (χ0) is 14.2. The number of fused-ring (bicyclic) bond motifs is 2. The van der Waals surface area contributed by atoms with Crippen LogP contribution in [0.1, 0.15) is 6.42 Å². The lowest BCUT2D eigenvalue weighted by Gasteiger charge is -2.49. The first-order valence-electron chi connectivity index (χ1n) is 7.29. The van der Waals surface area contributed by atoms with Crippen LogP contribution in [0, 0.1) is 0 Å². The highest BCUT2D eigenvalue weighted by atomic mass is 16.3. The van der Waals surface area contributed by atoms with Crippen LogP contribution in [0.15, 0.2) is 42.6 Å². The van der Waals surface area contributed by atoms with Crippen molar-refractivity contribution in [3.8, 4) is 5.75 Å². The van der Waals surface area contributed by atoms with Crippen LogP contribution < -0.4 is 15.5 Å². The van der Waals surface area contributed by atoms with Gasteiger partial charge in [0.05, 0.1) is 11.9 Å². The fraction of sp³-hybridized carbons (Fsp3) is 0.312. The van der Waals surface area contributed by atoms with Crippen LogP contribution in [-0.4, -0.2) is 35.3 Å². The predicted octanol–water partition coefficient (Wildman–Crippen LogP) is 2.08. The summed E-state index contributed by atoms with van der Waals surface area (Å²) in [6, 6.07) is 12.4. The Morgan fingerprint density at radius 1 is 1.10 bits per heavy atom. The Kier molecular flexibility index (Phi) is 2.93. The van der Waals surface area contributed by atoms with Crippen LogP contribution in [0.2, 0.25) is 0 Å². The first-order chi connectivity index (χ1) is 10.3. The largest absolute Gasteiger partial charge is 0.508 e. The zero-order valence-corrected chi connectivity index (χ0v) is 11.7. The van der Waals surface area contributed by atoms with Gasteiger partial charge in [-0.2, -0.15) is 0 Å². The summed E-state index contributed by atoms with van der Waals surface area (Å²) >= 11 is 0. The second-order valence-corrected chi connectivity index (χ2v) is 5.77. The van der Waals surface area contributed by atoms with Gasteiger partial charge in [-0.25, -0.2) is 4.98 Å². The summed E-state index contributed by atoms with van der Waals surface area (Å²) in [6.07, 6.45) is 3.23. The maximum absolute atomic E-state index is 9.27. The van der Waals surface area contributed by atoms with E-state index >= 15 is 0 Å². The summed E-state index contributed by atoms with van der Waals surface area (Å²) < 4.78 is 0. The molecule has 2 bridgehead atoms. The normalized spacial score (nSPS) is 23.5. The molecule has 0 spiro atoms. The van der Waals surface area contributed by atoms with E-state index in [-0.39, 0.29) is 5.75 Å². The number of benzene rings is 1. The van der Waals surface area contributed by atoms with Crippen molar-refractivity contribution < 1.29 is 5.11 Å². The topological polar surface area (TPSA) is 60.4 Å². The van der Waals surface area contributed by atoms with Gasteiger partial charge in [0.25, 0.3) is 0 Å². The minimum absolute atomic E-state index is 0.265. The fourth-order valence-electron chi connectivity index (χ4n) is 3.06. The van der Waals surface area contributed by atoms with Crippen molar-refractivity contribution in [2.75, 3.05) is 23.3 Å². The van der Waals surface area contributed by atoms with E-state index in [1.165, 1.54) is 12.1 Å². The van der Waals surface area contributed by atoms with E-state index in [9.17, 15) is 5.11 Å². The number of hydrogen-bond donors (Lipinski definition) is 3. The van der Waals surface area contributed by atoms with E-state index in [0.29, 0.717) is 12.1 Å². The van der Waals surface area contributed by atoms with Gasteiger partial charge in [0.15, 0.2) is 0 Å². The van der Waals surface area contributed by atoms with Gasteiger partial charge >= 0.3 is 0 Å². The van der Waals surface area contributed by atoms with Gasteiger partial charge in [-0.05, 0) is 42.8 Å². The Hall–Kier alpha value is -2.27. The standard InChI is InChI=1S/C16H18N4O/c21-15-4-1-11(2-5-15)19-16-6-3-14(8-17-16)20-9-12-7-13(10-20)18-12/h1-6,8,12-13,18,21H,7,9-10H2,(H,17,19). The summed E-state index contributed by atoms with van der Waals surface area (Å²) in [6.45, 7) is 2.14. The lowest BCUT2D eigenvalue weighted by molar-refractivity contribution is 0.226. The van der Waals surface area contributed by atoms with Crippen molar-refractivity contribution in [3.63, 3.8) is 0 Å². The number of piperidine rings is 1. The molecule has 0 saturated carbocycles. The van der Waals surface area contributed by atoms with Crippen LogP contribution in [0.4, 0.5) is 17.2 Å². The van der Waals surface area contributed by atoms with Crippen LogP contribution in [0.25, 0.3) is 0 Å². The number of aromatic hydroxyl groups is 1. The van der Waals surface area contributed by atoms with E-state index in [0.717, 1.165) is 24.6 Å². The molecule has 3 aliphatic heterocycles. The Morgan fingerprint density at radius 2 is 1.81 bits per heavy atom. The summed E-state index contributed by atoms with van der Waals surface area (Å²) in [7, 11) is 0. The molecule has 4 heterocycles. The van der Waals surface area contributed by atoms with Gasteiger partial charge in [-0.15, -0.1) is 0 Å². The third-order valence-electron chi connectivity index (χ3n) is 4.17. The van der Waals surface area contributed by atoms with Crippen molar-refractivity contribution in [1.29, 1.82) is 0 Å². The molecule has 2 aromatic rings. The lowest BCUT2D eigenvalue weighted by Crippen LogP contribution is -2.67. The predicted molar refractivity (Wildman–Crippen MR) is 83.2 cm³/mol. The van der Waals surface area contributed by atoms with Gasteiger partial charge in [0.2, 0.25) is 0 Å². The maximum atomic E-state index is 9.27. The maximum Gasteiger partial charge on any atom is 0.130 e. The molecule has 5 rings (SSSR count). The van der Waals surface area contributed by atoms with Crippen molar-refractivity contribution in [2.45, 2.75) is 18.5 Å². The number of rotatable bonds is 3. The number of nitrogens with zero attached hydrogens (tertiary/aromatic N) is 2. The monoisotopic (exact) mass is 282 g/mol. The number of phenols is 1. The van der Waals surface area contributed by atoms with Gasteiger partial charge in [0.1, 0.15) is 11.6 Å². The number of anilines is 3. The molecule has 3 fully saturated rings. The molecular formula is C16H18N4O. The second kappa shape index (κ2) is 4.93. The molecule has 0 amide bonds. The molecule has 1 aromatic heterocycles.